The van der Waals surface area contributed by atoms with Gasteiger partial charge in [-0.2, -0.15) is 0 Å². The van der Waals surface area contributed by atoms with Crippen molar-refractivity contribution in [3.05, 3.63) is 57.2 Å². The highest BCUT2D eigenvalue weighted by Gasteiger charge is 2.10. The summed E-state index contributed by atoms with van der Waals surface area (Å²) in [4.78, 5) is 4.52. The Hall–Kier alpha value is -1.39. The molecule has 0 radical (unpaired) electrons. The smallest absolute Gasteiger partial charge is 0.218 e. The van der Waals surface area contributed by atoms with Gasteiger partial charge in [-0.15, -0.1) is 0 Å². The number of halogens is 1. The van der Waals surface area contributed by atoms with E-state index in [9.17, 15) is 0 Å². The van der Waals surface area contributed by atoms with E-state index >= 15 is 0 Å². The average Bonchev–Trinajstić information content (AvgIpc) is 2.41. The Morgan fingerprint density at radius 1 is 1.25 bits per heavy atom. The Labute approximate surface area is 128 Å². The first-order valence-electron chi connectivity index (χ1n) is 6.59. The summed E-state index contributed by atoms with van der Waals surface area (Å²) in [6.45, 7) is 5.34. The zero-order chi connectivity index (χ0) is 14.5. The third-order valence-corrected chi connectivity index (χ3v) is 3.89. The topological polar surface area (TPSA) is 34.2 Å². The number of benzene rings is 1. The van der Waals surface area contributed by atoms with Crippen molar-refractivity contribution in [1.29, 1.82) is 0 Å². The molecule has 0 saturated heterocycles. The number of hydrogen-bond acceptors (Lipinski definition) is 3. The summed E-state index contributed by atoms with van der Waals surface area (Å²) in [5, 5.41) is 3.16. The number of nitrogens with one attached hydrogen (secondary N) is 1. The van der Waals surface area contributed by atoms with Gasteiger partial charge in [0, 0.05) is 27.8 Å². The standard InChI is InChI=1S/C16H19BrN2O/c1-11-8-12(2)19-16(14(11)9-18-3)20-10-13-6-4-5-7-15(13)17/h4-8,18H,9-10H2,1-3H3. The first kappa shape index (κ1) is 15.0. The number of nitrogens with zero attached hydrogens (tertiary/aromatic N) is 1. The molecule has 0 aliphatic heterocycles. The molecule has 2 aromatic rings. The van der Waals surface area contributed by atoms with Crippen LogP contribution in [0.2, 0.25) is 0 Å². The summed E-state index contributed by atoms with van der Waals surface area (Å²) >= 11 is 3.54. The maximum atomic E-state index is 5.94. The van der Waals surface area contributed by atoms with Gasteiger partial charge in [-0.25, -0.2) is 4.98 Å². The predicted molar refractivity (Wildman–Crippen MR) is 84.9 cm³/mol. The molecule has 1 aromatic carbocycles. The minimum atomic E-state index is 0.508. The Bertz CT molecular complexity index is 599. The predicted octanol–water partition coefficient (Wildman–Crippen LogP) is 3.76. The minimum absolute atomic E-state index is 0.508. The maximum Gasteiger partial charge on any atom is 0.218 e. The molecule has 2 rings (SSSR count). The SMILES string of the molecule is CNCc1c(C)cc(C)nc1OCc1ccccc1Br. The summed E-state index contributed by atoms with van der Waals surface area (Å²) in [7, 11) is 1.93. The molecule has 106 valence electrons. The quantitative estimate of drug-likeness (QED) is 0.903. The van der Waals surface area contributed by atoms with Crippen LogP contribution in [0.1, 0.15) is 22.4 Å². The average molecular weight is 335 g/mol. The van der Waals surface area contributed by atoms with Crippen molar-refractivity contribution in [3.8, 4) is 5.88 Å². The summed E-state index contributed by atoms with van der Waals surface area (Å²) < 4.78 is 6.99. The lowest BCUT2D eigenvalue weighted by Crippen LogP contribution is -2.11. The van der Waals surface area contributed by atoms with Gasteiger partial charge in [0.2, 0.25) is 5.88 Å². The molecule has 0 amide bonds. The summed E-state index contributed by atoms with van der Waals surface area (Å²) in [5.74, 6) is 0.715. The summed E-state index contributed by atoms with van der Waals surface area (Å²) in [5.41, 5.74) is 4.41. The Kier molecular flexibility index (Phi) is 5.15. The van der Waals surface area contributed by atoms with Crippen molar-refractivity contribution < 1.29 is 4.74 Å². The van der Waals surface area contributed by atoms with E-state index in [-0.39, 0.29) is 0 Å². The van der Waals surface area contributed by atoms with Crippen molar-refractivity contribution >= 4 is 15.9 Å². The largest absolute Gasteiger partial charge is 0.473 e. The normalized spacial score (nSPS) is 10.6. The van der Waals surface area contributed by atoms with Gasteiger partial charge in [-0.05, 0) is 38.6 Å². The van der Waals surface area contributed by atoms with E-state index in [0.717, 1.165) is 27.8 Å². The third-order valence-electron chi connectivity index (χ3n) is 3.11. The summed E-state index contributed by atoms with van der Waals surface area (Å²) in [6.07, 6.45) is 0. The van der Waals surface area contributed by atoms with Crippen molar-refractivity contribution in [2.24, 2.45) is 0 Å². The van der Waals surface area contributed by atoms with Crippen LogP contribution >= 0.6 is 15.9 Å². The number of rotatable bonds is 5. The van der Waals surface area contributed by atoms with Gasteiger partial charge in [0.15, 0.2) is 0 Å². The minimum Gasteiger partial charge on any atom is -0.473 e. The van der Waals surface area contributed by atoms with Crippen molar-refractivity contribution in [2.45, 2.75) is 27.0 Å². The molecule has 0 spiro atoms. The van der Waals surface area contributed by atoms with E-state index < -0.39 is 0 Å². The third kappa shape index (κ3) is 3.58. The number of aromatic nitrogens is 1. The van der Waals surface area contributed by atoms with Gasteiger partial charge in [-0.1, -0.05) is 34.1 Å². The number of hydrogen-bond donors (Lipinski definition) is 1. The van der Waals surface area contributed by atoms with Crippen LogP contribution in [0.4, 0.5) is 0 Å². The van der Waals surface area contributed by atoms with E-state index in [1.165, 1.54) is 5.56 Å². The lowest BCUT2D eigenvalue weighted by Gasteiger charge is -2.14. The highest BCUT2D eigenvalue weighted by molar-refractivity contribution is 9.10. The lowest BCUT2D eigenvalue weighted by molar-refractivity contribution is 0.288. The van der Waals surface area contributed by atoms with Crippen molar-refractivity contribution in [1.82, 2.24) is 10.3 Å². The second-order valence-electron chi connectivity index (χ2n) is 4.77. The fourth-order valence-electron chi connectivity index (χ4n) is 2.10. The molecule has 0 unspecified atom stereocenters. The van der Waals surface area contributed by atoms with Crippen LogP contribution < -0.4 is 10.1 Å². The van der Waals surface area contributed by atoms with E-state index in [4.69, 9.17) is 4.74 Å². The highest BCUT2D eigenvalue weighted by atomic mass is 79.9. The fourth-order valence-corrected chi connectivity index (χ4v) is 2.50. The molecule has 0 bridgehead atoms. The zero-order valence-electron chi connectivity index (χ0n) is 12.0. The molecule has 1 N–H and O–H groups in total. The van der Waals surface area contributed by atoms with Crippen molar-refractivity contribution in [3.63, 3.8) is 0 Å². The Morgan fingerprint density at radius 3 is 2.70 bits per heavy atom. The van der Waals surface area contributed by atoms with Crippen molar-refractivity contribution in [2.75, 3.05) is 7.05 Å². The molecule has 0 fully saturated rings. The monoisotopic (exact) mass is 334 g/mol. The highest BCUT2D eigenvalue weighted by Crippen LogP contribution is 2.23. The van der Waals surface area contributed by atoms with E-state index in [1.54, 1.807) is 0 Å². The molecular weight excluding hydrogens is 316 g/mol. The molecule has 0 atom stereocenters. The first-order valence-corrected chi connectivity index (χ1v) is 7.39. The molecule has 0 aliphatic carbocycles. The molecule has 1 aromatic heterocycles. The van der Waals surface area contributed by atoms with Gasteiger partial charge < -0.3 is 10.1 Å². The number of aryl methyl sites for hydroxylation is 2. The first-order chi connectivity index (χ1) is 9.61. The van der Waals surface area contributed by atoms with Crippen LogP contribution in [0.15, 0.2) is 34.8 Å². The van der Waals surface area contributed by atoms with Crippen LogP contribution in [0.25, 0.3) is 0 Å². The lowest BCUT2D eigenvalue weighted by atomic mass is 10.1. The molecule has 20 heavy (non-hydrogen) atoms. The molecule has 1 heterocycles. The number of ether oxygens (including phenoxy) is 1. The molecule has 0 aliphatic rings. The van der Waals surface area contributed by atoms with Gasteiger partial charge in [0.25, 0.3) is 0 Å². The maximum absolute atomic E-state index is 5.94. The Balaban J connectivity index is 2.22. The van der Waals surface area contributed by atoms with Gasteiger partial charge in [0.1, 0.15) is 6.61 Å². The van der Waals surface area contributed by atoms with Crippen LogP contribution in [-0.2, 0) is 13.2 Å². The van der Waals surface area contributed by atoms with E-state index in [2.05, 4.69) is 39.2 Å². The fraction of sp³-hybridized carbons (Fsp3) is 0.312. The Morgan fingerprint density at radius 2 is 2.00 bits per heavy atom. The van der Waals surface area contributed by atoms with Crippen LogP contribution in [-0.4, -0.2) is 12.0 Å². The summed E-state index contributed by atoms with van der Waals surface area (Å²) in [6, 6.07) is 10.1. The van der Waals surface area contributed by atoms with E-state index in [0.29, 0.717) is 12.5 Å². The number of pyridine rings is 1. The van der Waals surface area contributed by atoms with Crippen LogP contribution in [0, 0.1) is 13.8 Å². The van der Waals surface area contributed by atoms with Gasteiger partial charge in [-0.3, -0.25) is 0 Å². The second kappa shape index (κ2) is 6.86. The molecular formula is C16H19BrN2O. The van der Waals surface area contributed by atoms with Crippen LogP contribution in [0.3, 0.4) is 0 Å². The molecule has 4 heteroatoms. The zero-order valence-corrected chi connectivity index (χ0v) is 13.6. The molecule has 0 saturated carbocycles. The van der Waals surface area contributed by atoms with Crippen LogP contribution in [0.5, 0.6) is 5.88 Å². The molecule has 3 nitrogen and oxygen atoms in total. The van der Waals surface area contributed by atoms with Gasteiger partial charge in [0.05, 0.1) is 0 Å². The second-order valence-corrected chi connectivity index (χ2v) is 5.63. The van der Waals surface area contributed by atoms with E-state index in [1.807, 2.05) is 38.2 Å². The van der Waals surface area contributed by atoms with Gasteiger partial charge >= 0.3 is 0 Å².